The number of H-pyrrole nitrogens is 1. The van der Waals surface area contributed by atoms with Gasteiger partial charge in [-0.25, -0.2) is 4.39 Å². The SMILES string of the molecule is Cc1[nH]c2ccc(F)cc2c1CC(=O)N1C[C@@H](C)[C@@H](N(C)C)C1. The van der Waals surface area contributed by atoms with Crippen LogP contribution >= 0.6 is 0 Å². The standard InChI is InChI=1S/C18H24FN3O/c1-11-9-22(10-17(11)21(3)4)18(23)8-14-12(2)20-16-6-5-13(19)7-15(14)16/h5-7,11,17,20H,8-10H2,1-4H3/t11-,17+/m1/s1. The molecule has 23 heavy (non-hydrogen) atoms. The average molecular weight is 317 g/mol. The Morgan fingerprint density at radius 3 is 2.78 bits per heavy atom. The van der Waals surface area contributed by atoms with Crippen LogP contribution in [0.2, 0.25) is 0 Å². The lowest BCUT2D eigenvalue weighted by molar-refractivity contribution is -0.129. The Hall–Kier alpha value is -1.88. The number of aryl methyl sites for hydroxylation is 1. The van der Waals surface area contributed by atoms with Gasteiger partial charge in [0.25, 0.3) is 0 Å². The van der Waals surface area contributed by atoms with Crippen molar-refractivity contribution < 1.29 is 9.18 Å². The van der Waals surface area contributed by atoms with E-state index in [1.165, 1.54) is 12.1 Å². The molecule has 3 rings (SSSR count). The normalized spacial score (nSPS) is 21.6. The van der Waals surface area contributed by atoms with Crippen molar-refractivity contribution in [3.63, 3.8) is 0 Å². The minimum Gasteiger partial charge on any atom is -0.358 e. The van der Waals surface area contributed by atoms with Gasteiger partial charge in [0, 0.05) is 35.7 Å². The van der Waals surface area contributed by atoms with Crippen molar-refractivity contribution in [2.75, 3.05) is 27.2 Å². The number of rotatable bonds is 3. The minimum atomic E-state index is -0.271. The number of fused-ring (bicyclic) bond motifs is 1. The van der Waals surface area contributed by atoms with Gasteiger partial charge in [0.15, 0.2) is 0 Å². The molecule has 1 aliphatic heterocycles. The number of carbonyl (C=O) groups excluding carboxylic acids is 1. The Kier molecular flexibility index (Phi) is 4.15. The Morgan fingerprint density at radius 1 is 1.39 bits per heavy atom. The molecule has 0 unspecified atom stereocenters. The van der Waals surface area contributed by atoms with Gasteiger partial charge in [0.2, 0.25) is 5.91 Å². The van der Waals surface area contributed by atoms with E-state index in [0.29, 0.717) is 18.4 Å². The summed E-state index contributed by atoms with van der Waals surface area (Å²) in [6.07, 6.45) is 0.322. The quantitative estimate of drug-likeness (QED) is 0.945. The number of nitrogens with one attached hydrogen (secondary N) is 1. The van der Waals surface area contributed by atoms with E-state index in [-0.39, 0.29) is 11.7 Å². The number of carbonyl (C=O) groups is 1. The molecule has 1 N–H and O–H groups in total. The van der Waals surface area contributed by atoms with Crippen LogP contribution in [0, 0.1) is 18.7 Å². The van der Waals surface area contributed by atoms with E-state index in [4.69, 9.17) is 0 Å². The monoisotopic (exact) mass is 317 g/mol. The molecule has 1 aromatic carbocycles. The number of amides is 1. The average Bonchev–Trinajstić information content (AvgIpc) is 3.01. The van der Waals surface area contributed by atoms with Gasteiger partial charge in [0.1, 0.15) is 5.82 Å². The molecule has 4 nitrogen and oxygen atoms in total. The molecule has 1 aromatic heterocycles. The van der Waals surface area contributed by atoms with Crippen LogP contribution in [0.4, 0.5) is 4.39 Å². The summed E-state index contributed by atoms with van der Waals surface area (Å²) in [6, 6.07) is 5.08. The van der Waals surface area contributed by atoms with E-state index >= 15 is 0 Å². The summed E-state index contributed by atoms with van der Waals surface area (Å²) in [4.78, 5) is 20.1. The summed E-state index contributed by atoms with van der Waals surface area (Å²) < 4.78 is 13.5. The number of aromatic nitrogens is 1. The van der Waals surface area contributed by atoms with Crippen LogP contribution in [0.1, 0.15) is 18.2 Å². The zero-order chi connectivity index (χ0) is 16.7. The first kappa shape index (κ1) is 16.0. The van der Waals surface area contributed by atoms with Crippen molar-refractivity contribution in [2.45, 2.75) is 26.3 Å². The number of likely N-dealkylation sites (tertiary alicyclic amines) is 1. The van der Waals surface area contributed by atoms with Crippen molar-refractivity contribution in [2.24, 2.45) is 5.92 Å². The molecule has 2 atom stereocenters. The maximum absolute atomic E-state index is 13.5. The van der Waals surface area contributed by atoms with Gasteiger partial charge in [-0.2, -0.15) is 0 Å². The van der Waals surface area contributed by atoms with Crippen molar-refractivity contribution in [3.05, 3.63) is 35.3 Å². The first-order chi connectivity index (χ1) is 10.9. The third-order valence-corrected chi connectivity index (χ3v) is 5.00. The van der Waals surface area contributed by atoms with Crippen LogP contribution in [-0.4, -0.2) is 53.9 Å². The predicted molar refractivity (Wildman–Crippen MR) is 89.9 cm³/mol. The zero-order valence-corrected chi connectivity index (χ0v) is 14.2. The zero-order valence-electron chi connectivity index (χ0n) is 14.2. The van der Waals surface area contributed by atoms with Crippen molar-refractivity contribution in [3.8, 4) is 0 Å². The molecule has 0 radical (unpaired) electrons. The van der Waals surface area contributed by atoms with Crippen molar-refractivity contribution in [1.82, 2.24) is 14.8 Å². The topological polar surface area (TPSA) is 39.3 Å². The molecule has 5 heteroatoms. The third kappa shape index (κ3) is 2.98. The summed E-state index contributed by atoms with van der Waals surface area (Å²) in [7, 11) is 4.11. The molecule has 1 saturated heterocycles. The molecule has 2 heterocycles. The van der Waals surface area contributed by atoms with Gasteiger partial charge in [0.05, 0.1) is 6.42 Å². The highest BCUT2D eigenvalue weighted by molar-refractivity contribution is 5.90. The smallest absolute Gasteiger partial charge is 0.227 e. The van der Waals surface area contributed by atoms with Crippen molar-refractivity contribution in [1.29, 1.82) is 0 Å². The van der Waals surface area contributed by atoms with Crippen LogP contribution in [-0.2, 0) is 11.2 Å². The van der Waals surface area contributed by atoms with Gasteiger partial charge in [-0.1, -0.05) is 6.92 Å². The van der Waals surface area contributed by atoms with Crippen LogP contribution in [0.25, 0.3) is 10.9 Å². The lowest BCUT2D eigenvalue weighted by Gasteiger charge is -2.22. The van der Waals surface area contributed by atoms with E-state index in [9.17, 15) is 9.18 Å². The number of nitrogens with zero attached hydrogens (tertiary/aromatic N) is 2. The van der Waals surface area contributed by atoms with Gasteiger partial charge in [-0.15, -0.1) is 0 Å². The van der Waals surface area contributed by atoms with E-state index in [0.717, 1.165) is 35.2 Å². The lowest BCUT2D eigenvalue weighted by atomic mass is 10.1. The van der Waals surface area contributed by atoms with Crippen LogP contribution in [0.3, 0.4) is 0 Å². The van der Waals surface area contributed by atoms with Gasteiger partial charge in [-0.05, 0) is 50.7 Å². The summed E-state index contributed by atoms with van der Waals surface area (Å²) in [5, 5.41) is 0.812. The molecule has 2 aromatic rings. The van der Waals surface area contributed by atoms with Gasteiger partial charge >= 0.3 is 0 Å². The number of hydrogen-bond acceptors (Lipinski definition) is 2. The summed E-state index contributed by atoms with van der Waals surface area (Å²) in [5.74, 6) is 0.317. The van der Waals surface area contributed by atoms with E-state index in [2.05, 4.69) is 30.9 Å². The van der Waals surface area contributed by atoms with Gasteiger partial charge < -0.3 is 14.8 Å². The van der Waals surface area contributed by atoms with Gasteiger partial charge in [-0.3, -0.25) is 4.79 Å². The highest BCUT2D eigenvalue weighted by Gasteiger charge is 2.33. The fourth-order valence-electron chi connectivity index (χ4n) is 3.67. The molecule has 124 valence electrons. The molecule has 1 amide bonds. The number of halogens is 1. The number of benzene rings is 1. The highest BCUT2D eigenvalue weighted by atomic mass is 19.1. The largest absolute Gasteiger partial charge is 0.358 e. The maximum Gasteiger partial charge on any atom is 0.227 e. The Bertz CT molecular complexity index is 737. The summed E-state index contributed by atoms with van der Waals surface area (Å²) in [6.45, 7) is 5.68. The molecule has 0 bridgehead atoms. The molecule has 0 saturated carbocycles. The fraction of sp³-hybridized carbons (Fsp3) is 0.500. The maximum atomic E-state index is 13.5. The highest BCUT2D eigenvalue weighted by Crippen LogP contribution is 2.26. The number of aromatic amines is 1. The van der Waals surface area contributed by atoms with Crippen LogP contribution < -0.4 is 0 Å². The molecule has 1 fully saturated rings. The van der Waals surface area contributed by atoms with E-state index < -0.39 is 0 Å². The molecule has 1 aliphatic rings. The second-order valence-electron chi connectivity index (χ2n) is 6.90. The summed E-state index contributed by atoms with van der Waals surface area (Å²) >= 11 is 0. The second-order valence-corrected chi connectivity index (χ2v) is 6.90. The van der Waals surface area contributed by atoms with Crippen molar-refractivity contribution >= 4 is 16.8 Å². The third-order valence-electron chi connectivity index (χ3n) is 5.00. The first-order valence-corrected chi connectivity index (χ1v) is 8.07. The molecule has 0 aliphatic carbocycles. The minimum absolute atomic E-state index is 0.120. The Morgan fingerprint density at radius 2 is 2.13 bits per heavy atom. The molecule has 0 spiro atoms. The van der Waals surface area contributed by atoms with E-state index in [1.54, 1.807) is 6.07 Å². The predicted octanol–water partition coefficient (Wildman–Crippen LogP) is 2.57. The van der Waals surface area contributed by atoms with Crippen LogP contribution in [0.15, 0.2) is 18.2 Å². The summed E-state index contributed by atoms with van der Waals surface area (Å²) in [5.41, 5.74) is 2.73. The Labute approximate surface area is 136 Å². The molecular weight excluding hydrogens is 293 g/mol. The second kappa shape index (κ2) is 5.96. The Balaban J connectivity index is 1.81. The fourth-order valence-corrected chi connectivity index (χ4v) is 3.67. The van der Waals surface area contributed by atoms with Crippen LogP contribution in [0.5, 0.6) is 0 Å². The number of hydrogen-bond donors (Lipinski definition) is 1. The molecular formula is C18H24FN3O. The van der Waals surface area contributed by atoms with E-state index in [1.807, 2.05) is 11.8 Å². The number of likely N-dealkylation sites (N-methyl/N-ethyl adjacent to an activating group) is 1. The lowest BCUT2D eigenvalue weighted by Crippen LogP contribution is -2.36. The first-order valence-electron chi connectivity index (χ1n) is 8.07.